The summed E-state index contributed by atoms with van der Waals surface area (Å²) in [7, 11) is 3.08. The van der Waals surface area contributed by atoms with E-state index in [0.29, 0.717) is 28.6 Å². The second kappa shape index (κ2) is 9.17. The van der Waals surface area contributed by atoms with Crippen LogP contribution in [-0.2, 0) is 11.2 Å². The predicted octanol–water partition coefficient (Wildman–Crippen LogP) is 3.70. The van der Waals surface area contributed by atoms with Gasteiger partial charge in [0.2, 0.25) is 0 Å². The fourth-order valence-electron chi connectivity index (χ4n) is 3.13. The molecule has 2 N–H and O–H groups in total. The van der Waals surface area contributed by atoms with Gasteiger partial charge in [-0.2, -0.15) is 0 Å². The fraction of sp³-hybridized carbons (Fsp3) is 0.217. The molecule has 1 amide bonds. The van der Waals surface area contributed by atoms with E-state index in [1.54, 1.807) is 38.3 Å². The Bertz CT molecular complexity index is 1040. The average Bonchev–Trinajstić information content (AvgIpc) is 3.15. The number of ether oxygens (including phenoxy) is 2. The Kier molecular flexibility index (Phi) is 6.41. The van der Waals surface area contributed by atoms with Crippen LogP contribution in [0.15, 0.2) is 59.0 Å². The molecule has 0 saturated heterocycles. The van der Waals surface area contributed by atoms with Crippen LogP contribution in [0, 0.1) is 6.92 Å². The fourth-order valence-corrected chi connectivity index (χ4v) is 3.13. The molecular formula is C23H23NO6. The highest BCUT2D eigenvalue weighted by molar-refractivity contribution is 5.98. The van der Waals surface area contributed by atoms with Gasteiger partial charge in [0.1, 0.15) is 17.6 Å². The Morgan fingerprint density at radius 2 is 1.73 bits per heavy atom. The minimum Gasteiger partial charge on any atom is -0.493 e. The smallest absolute Gasteiger partial charge is 0.326 e. The molecule has 0 aliphatic carbocycles. The lowest BCUT2D eigenvalue weighted by molar-refractivity contribution is -0.139. The number of methoxy groups -OCH3 is 2. The normalized spacial score (nSPS) is 11.6. The molecular weight excluding hydrogens is 386 g/mol. The topological polar surface area (TPSA) is 98.0 Å². The molecule has 0 aliphatic rings. The van der Waals surface area contributed by atoms with Gasteiger partial charge in [0.25, 0.3) is 5.91 Å². The number of hydrogen-bond acceptors (Lipinski definition) is 5. The summed E-state index contributed by atoms with van der Waals surface area (Å²) in [6.07, 6.45) is 0.182. The van der Waals surface area contributed by atoms with Crippen molar-refractivity contribution in [2.45, 2.75) is 19.4 Å². The first-order valence-corrected chi connectivity index (χ1v) is 9.33. The van der Waals surface area contributed by atoms with E-state index in [1.165, 1.54) is 7.11 Å². The van der Waals surface area contributed by atoms with Gasteiger partial charge in [-0.1, -0.05) is 30.3 Å². The van der Waals surface area contributed by atoms with E-state index in [9.17, 15) is 14.7 Å². The number of aryl methyl sites for hydroxylation is 1. The van der Waals surface area contributed by atoms with Crippen molar-refractivity contribution in [2.75, 3.05) is 14.2 Å². The number of furan rings is 1. The van der Waals surface area contributed by atoms with Crippen LogP contribution in [0.25, 0.3) is 11.3 Å². The first-order chi connectivity index (χ1) is 14.4. The molecule has 156 valence electrons. The zero-order valence-electron chi connectivity index (χ0n) is 17.0. The highest BCUT2D eigenvalue weighted by Gasteiger charge is 2.24. The minimum atomic E-state index is -1.10. The molecule has 0 radical (unpaired) electrons. The summed E-state index contributed by atoms with van der Waals surface area (Å²) >= 11 is 0. The van der Waals surface area contributed by atoms with Gasteiger partial charge >= 0.3 is 5.97 Å². The van der Waals surface area contributed by atoms with Gasteiger partial charge in [0.15, 0.2) is 11.5 Å². The third-order valence-corrected chi connectivity index (χ3v) is 4.72. The molecule has 7 heteroatoms. The van der Waals surface area contributed by atoms with E-state index >= 15 is 0 Å². The molecule has 3 aromatic rings. The van der Waals surface area contributed by atoms with Crippen molar-refractivity contribution in [3.63, 3.8) is 0 Å². The summed E-state index contributed by atoms with van der Waals surface area (Å²) in [4.78, 5) is 24.4. The third-order valence-electron chi connectivity index (χ3n) is 4.72. The SMILES string of the molecule is COc1ccc(-c2cc(C(=O)N[C@@H](Cc3ccccc3)C(=O)O)c(C)o2)cc1OC. The van der Waals surface area contributed by atoms with Crippen molar-refractivity contribution < 1.29 is 28.6 Å². The predicted molar refractivity (Wildman–Crippen MR) is 111 cm³/mol. The first-order valence-electron chi connectivity index (χ1n) is 9.33. The number of benzene rings is 2. The molecule has 30 heavy (non-hydrogen) atoms. The summed E-state index contributed by atoms with van der Waals surface area (Å²) in [5.74, 6) is 0.353. The van der Waals surface area contributed by atoms with Crippen LogP contribution in [0.1, 0.15) is 21.7 Å². The van der Waals surface area contributed by atoms with E-state index in [2.05, 4.69) is 5.32 Å². The van der Waals surface area contributed by atoms with Crippen molar-refractivity contribution in [3.05, 3.63) is 71.5 Å². The van der Waals surface area contributed by atoms with E-state index < -0.39 is 17.9 Å². The number of aliphatic carboxylic acids is 1. The second-order valence-electron chi connectivity index (χ2n) is 6.70. The van der Waals surface area contributed by atoms with E-state index in [0.717, 1.165) is 5.56 Å². The van der Waals surface area contributed by atoms with Gasteiger partial charge in [-0.05, 0) is 36.8 Å². The van der Waals surface area contributed by atoms with Crippen LogP contribution < -0.4 is 14.8 Å². The number of carbonyl (C=O) groups is 2. The van der Waals surface area contributed by atoms with E-state index in [4.69, 9.17) is 13.9 Å². The molecule has 3 rings (SSSR count). The Morgan fingerprint density at radius 1 is 1.03 bits per heavy atom. The molecule has 7 nitrogen and oxygen atoms in total. The number of carbonyl (C=O) groups excluding carboxylic acids is 1. The molecule has 1 atom stereocenters. The van der Waals surface area contributed by atoms with Crippen LogP contribution in [0.5, 0.6) is 11.5 Å². The third kappa shape index (κ3) is 4.63. The van der Waals surface area contributed by atoms with Crippen LogP contribution in [0.3, 0.4) is 0 Å². The summed E-state index contributed by atoms with van der Waals surface area (Å²) in [5.41, 5.74) is 1.80. The molecule has 2 aromatic carbocycles. The molecule has 0 fully saturated rings. The Balaban J connectivity index is 1.81. The number of rotatable bonds is 8. The number of carboxylic acid groups (broad SMARTS) is 1. The van der Waals surface area contributed by atoms with Crippen molar-refractivity contribution >= 4 is 11.9 Å². The monoisotopic (exact) mass is 409 g/mol. The first kappa shape index (κ1) is 21.0. The van der Waals surface area contributed by atoms with Crippen LogP contribution >= 0.6 is 0 Å². The number of amides is 1. The average molecular weight is 409 g/mol. The summed E-state index contributed by atoms with van der Waals surface area (Å²) < 4.78 is 16.3. The summed E-state index contributed by atoms with van der Waals surface area (Å²) in [6.45, 7) is 1.66. The quantitative estimate of drug-likeness (QED) is 0.589. The van der Waals surface area contributed by atoms with E-state index in [1.807, 2.05) is 30.3 Å². The lowest BCUT2D eigenvalue weighted by Crippen LogP contribution is -2.42. The molecule has 0 aliphatic heterocycles. The Hall–Kier alpha value is -3.74. The number of carboxylic acids is 1. The summed E-state index contributed by atoms with van der Waals surface area (Å²) in [5, 5.41) is 12.1. The van der Waals surface area contributed by atoms with Gasteiger partial charge in [0, 0.05) is 12.0 Å². The van der Waals surface area contributed by atoms with E-state index in [-0.39, 0.29) is 12.0 Å². The molecule has 0 bridgehead atoms. The highest BCUT2D eigenvalue weighted by atomic mass is 16.5. The van der Waals surface area contributed by atoms with Crippen molar-refractivity contribution in [1.82, 2.24) is 5.32 Å². The summed E-state index contributed by atoms with van der Waals surface area (Å²) in [6, 6.07) is 14.9. The largest absolute Gasteiger partial charge is 0.493 e. The minimum absolute atomic E-state index is 0.182. The maximum absolute atomic E-state index is 12.8. The zero-order chi connectivity index (χ0) is 21.7. The lowest BCUT2D eigenvalue weighted by atomic mass is 10.1. The highest BCUT2D eigenvalue weighted by Crippen LogP contribution is 2.34. The van der Waals surface area contributed by atoms with Crippen molar-refractivity contribution in [2.24, 2.45) is 0 Å². The van der Waals surface area contributed by atoms with Gasteiger partial charge in [-0.25, -0.2) is 4.79 Å². The molecule has 1 heterocycles. The number of hydrogen-bond donors (Lipinski definition) is 2. The molecule has 0 saturated carbocycles. The second-order valence-corrected chi connectivity index (χ2v) is 6.70. The number of nitrogens with one attached hydrogen (secondary N) is 1. The zero-order valence-corrected chi connectivity index (χ0v) is 17.0. The molecule has 0 spiro atoms. The van der Waals surface area contributed by atoms with Crippen molar-refractivity contribution in [3.8, 4) is 22.8 Å². The van der Waals surface area contributed by atoms with Crippen LogP contribution in [-0.4, -0.2) is 37.2 Å². The maximum Gasteiger partial charge on any atom is 0.326 e. The maximum atomic E-state index is 12.8. The lowest BCUT2D eigenvalue weighted by Gasteiger charge is -2.14. The van der Waals surface area contributed by atoms with Gasteiger partial charge in [-0.15, -0.1) is 0 Å². The van der Waals surface area contributed by atoms with Gasteiger partial charge in [0.05, 0.1) is 19.8 Å². The Morgan fingerprint density at radius 3 is 2.37 bits per heavy atom. The van der Waals surface area contributed by atoms with Gasteiger partial charge in [-0.3, -0.25) is 4.79 Å². The van der Waals surface area contributed by atoms with Crippen LogP contribution in [0.2, 0.25) is 0 Å². The van der Waals surface area contributed by atoms with Gasteiger partial charge < -0.3 is 24.3 Å². The molecule has 1 aromatic heterocycles. The Labute approximate surface area is 174 Å². The van der Waals surface area contributed by atoms with Crippen LogP contribution in [0.4, 0.5) is 0 Å². The molecule has 0 unspecified atom stereocenters. The van der Waals surface area contributed by atoms with Crippen molar-refractivity contribution in [1.29, 1.82) is 0 Å². The standard InChI is InChI=1S/C23H23NO6/c1-14-17(13-20(30-14)16-9-10-19(28-2)21(12-16)29-3)22(25)24-18(23(26)27)11-15-7-5-4-6-8-15/h4-10,12-13,18H,11H2,1-3H3,(H,24,25)(H,26,27)/t18-/m0/s1.